The first-order chi connectivity index (χ1) is 15.1. The van der Waals surface area contributed by atoms with Crippen LogP contribution >= 0.6 is 0 Å². The summed E-state index contributed by atoms with van der Waals surface area (Å²) in [6.07, 6.45) is -0.322. The molecule has 3 rings (SSSR count). The number of aromatic amines is 1. The lowest BCUT2D eigenvalue weighted by Crippen LogP contribution is -2.50. The van der Waals surface area contributed by atoms with E-state index in [0.717, 1.165) is 0 Å². The maximum atomic E-state index is 13.0. The molecule has 0 aromatic carbocycles. The van der Waals surface area contributed by atoms with Gasteiger partial charge < -0.3 is 38.3 Å². The Morgan fingerprint density at radius 3 is 2.19 bits per heavy atom. The number of hydrogen-bond donors (Lipinski definition) is 1. The highest BCUT2D eigenvalue weighted by atomic mass is 16.9. The van der Waals surface area contributed by atoms with Gasteiger partial charge in [0.05, 0.1) is 5.52 Å². The molecule has 1 aliphatic heterocycles. The number of ether oxygens (including phenoxy) is 4. The van der Waals surface area contributed by atoms with E-state index >= 15 is 0 Å². The average Bonchev–Trinajstić information content (AvgIpc) is 3.13. The minimum atomic E-state index is -1.54. The summed E-state index contributed by atoms with van der Waals surface area (Å²) in [5.41, 5.74) is 0.416. The van der Waals surface area contributed by atoms with Crippen LogP contribution in [0.15, 0.2) is 10.9 Å². The third kappa shape index (κ3) is 4.45. The number of aryl methyl sites for hydroxylation is 1. The molecule has 11 nitrogen and oxygen atoms in total. The molecule has 32 heavy (non-hydrogen) atoms. The molecule has 1 N–H and O–H groups in total. The van der Waals surface area contributed by atoms with Crippen LogP contribution in [0.1, 0.15) is 33.4 Å². The van der Waals surface area contributed by atoms with Crippen molar-refractivity contribution in [2.45, 2.75) is 45.8 Å². The summed E-state index contributed by atoms with van der Waals surface area (Å²) in [6, 6.07) is 1.69. The van der Waals surface area contributed by atoms with Crippen molar-refractivity contribution in [1.29, 1.82) is 0 Å². The molecule has 0 aliphatic carbocycles. The number of amides is 1. The van der Waals surface area contributed by atoms with Gasteiger partial charge in [-0.15, -0.1) is 0 Å². The lowest BCUT2D eigenvalue weighted by atomic mass is 10.2. The minimum absolute atomic E-state index is 0.310. The second kappa shape index (κ2) is 9.08. The van der Waals surface area contributed by atoms with Gasteiger partial charge >= 0.3 is 12.1 Å². The van der Waals surface area contributed by atoms with Gasteiger partial charge in [0.2, 0.25) is 5.95 Å². The summed E-state index contributed by atoms with van der Waals surface area (Å²) in [5, 5.41) is 0. The number of carbonyl (C=O) groups excluding carboxylic acids is 1. The smallest absolute Gasteiger partial charge is 0.410 e. The quantitative estimate of drug-likeness (QED) is 0.663. The fourth-order valence-corrected chi connectivity index (χ4v) is 3.85. The predicted octanol–water partition coefficient (Wildman–Crippen LogP) is 1.85. The Labute approximate surface area is 187 Å². The van der Waals surface area contributed by atoms with Gasteiger partial charge in [0.1, 0.15) is 16.8 Å². The first kappa shape index (κ1) is 24.0. The van der Waals surface area contributed by atoms with Crippen LogP contribution in [0.2, 0.25) is 0 Å². The van der Waals surface area contributed by atoms with Gasteiger partial charge in [-0.3, -0.25) is 4.79 Å². The summed E-state index contributed by atoms with van der Waals surface area (Å²) in [4.78, 5) is 36.6. The van der Waals surface area contributed by atoms with Crippen LogP contribution in [0.4, 0.5) is 10.7 Å². The van der Waals surface area contributed by atoms with Crippen molar-refractivity contribution in [2.75, 3.05) is 52.4 Å². The van der Waals surface area contributed by atoms with E-state index in [0.29, 0.717) is 55.4 Å². The molecule has 1 amide bonds. The summed E-state index contributed by atoms with van der Waals surface area (Å²) in [6.45, 7) is 10.2. The topological polar surface area (TPSA) is 111 Å². The average molecular weight is 452 g/mol. The van der Waals surface area contributed by atoms with Crippen molar-refractivity contribution >= 4 is 23.1 Å². The molecular weight excluding hydrogens is 418 g/mol. The molecule has 0 atom stereocenters. The zero-order valence-corrected chi connectivity index (χ0v) is 19.9. The highest BCUT2D eigenvalue weighted by molar-refractivity contribution is 5.78. The molecule has 1 fully saturated rings. The molecule has 2 aromatic rings. The zero-order valence-electron chi connectivity index (χ0n) is 19.9. The molecule has 0 saturated carbocycles. The lowest BCUT2D eigenvalue weighted by molar-refractivity contribution is -0.366. The SMILES string of the molecule is CCn1c(N2CCN(C(=O)OC(C)(C)C)CC2)nc2cc(C(OC)(OC)OC)[nH]c(=O)c21. The molecule has 0 bridgehead atoms. The standard InChI is InChI=1S/C21H33N5O6/c1-8-26-16-14(13-15(23-17(16)27)21(29-5,30-6)31-7)22-18(26)24-9-11-25(12-10-24)19(28)32-20(2,3)4/h13H,8-12H2,1-7H3,(H,23,27). The van der Waals surface area contributed by atoms with Gasteiger partial charge in [0.25, 0.3) is 5.56 Å². The minimum Gasteiger partial charge on any atom is -0.444 e. The number of imidazole rings is 1. The fraction of sp³-hybridized carbons (Fsp3) is 0.667. The fourth-order valence-electron chi connectivity index (χ4n) is 3.85. The van der Waals surface area contributed by atoms with E-state index in [2.05, 4.69) is 9.88 Å². The van der Waals surface area contributed by atoms with Gasteiger partial charge in [-0.1, -0.05) is 0 Å². The highest BCUT2D eigenvalue weighted by Crippen LogP contribution is 2.28. The molecule has 2 aromatic heterocycles. The van der Waals surface area contributed by atoms with Crippen LogP contribution in [-0.2, 0) is 31.5 Å². The molecule has 0 radical (unpaired) electrons. The first-order valence-corrected chi connectivity index (χ1v) is 10.6. The Morgan fingerprint density at radius 2 is 1.69 bits per heavy atom. The van der Waals surface area contributed by atoms with Crippen molar-refractivity contribution < 1.29 is 23.7 Å². The first-order valence-electron chi connectivity index (χ1n) is 10.6. The maximum Gasteiger partial charge on any atom is 0.410 e. The summed E-state index contributed by atoms with van der Waals surface area (Å²) < 4.78 is 23.4. The zero-order chi connectivity index (χ0) is 23.7. The van der Waals surface area contributed by atoms with Crippen LogP contribution in [0.25, 0.3) is 11.0 Å². The summed E-state index contributed by atoms with van der Waals surface area (Å²) in [7, 11) is 4.28. The molecule has 1 saturated heterocycles. The van der Waals surface area contributed by atoms with Gasteiger partial charge in [-0.2, -0.15) is 0 Å². The molecule has 11 heteroatoms. The molecule has 0 spiro atoms. The van der Waals surface area contributed by atoms with E-state index in [9.17, 15) is 9.59 Å². The van der Waals surface area contributed by atoms with Crippen molar-refractivity contribution in [3.8, 4) is 0 Å². The number of aromatic nitrogens is 3. The molecular formula is C21H33N5O6. The van der Waals surface area contributed by atoms with E-state index in [4.69, 9.17) is 23.9 Å². The van der Waals surface area contributed by atoms with Gasteiger partial charge in [0.15, 0.2) is 0 Å². The molecule has 1 aliphatic rings. The number of carbonyl (C=O) groups is 1. The normalized spacial score (nSPS) is 15.5. The number of methoxy groups -OCH3 is 3. The number of H-pyrrole nitrogens is 1. The third-order valence-corrected chi connectivity index (χ3v) is 5.39. The Kier molecular flexibility index (Phi) is 6.82. The summed E-state index contributed by atoms with van der Waals surface area (Å²) >= 11 is 0. The number of fused-ring (bicyclic) bond motifs is 1. The van der Waals surface area contributed by atoms with Crippen molar-refractivity contribution in [2.24, 2.45) is 0 Å². The van der Waals surface area contributed by atoms with Crippen molar-refractivity contribution in [1.82, 2.24) is 19.4 Å². The number of nitrogens with zero attached hydrogens (tertiary/aromatic N) is 4. The molecule has 3 heterocycles. The van der Waals surface area contributed by atoms with E-state index in [1.165, 1.54) is 21.3 Å². The van der Waals surface area contributed by atoms with E-state index in [1.54, 1.807) is 11.0 Å². The number of anilines is 1. The monoisotopic (exact) mass is 451 g/mol. The number of nitrogens with one attached hydrogen (secondary N) is 1. The second-order valence-corrected chi connectivity index (χ2v) is 8.53. The summed E-state index contributed by atoms with van der Waals surface area (Å²) in [5.74, 6) is -0.866. The Morgan fingerprint density at radius 1 is 1.09 bits per heavy atom. The van der Waals surface area contributed by atoms with Crippen LogP contribution in [0.3, 0.4) is 0 Å². The van der Waals surface area contributed by atoms with Crippen LogP contribution in [0, 0.1) is 0 Å². The predicted molar refractivity (Wildman–Crippen MR) is 119 cm³/mol. The van der Waals surface area contributed by atoms with E-state index < -0.39 is 11.6 Å². The van der Waals surface area contributed by atoms with Crippen LogP contribution in [-0.4, -0.2) is 78.6 Å². The van der Waals surface area contributed by atoms with E-state index in [1.807, 2.05) is 32.3 Å². The Bertz CT molecular complexity index is 1000. The largest absolute Gasteiger partial charge is 0.444 e. The highest BCUT2D eigenvalue weighted by Gasteiger charge is 2.35. The van der Waals surface area contributed by atoms with Gasteiger partial charge in [-0.25, -0.2) is 9.78 Å². The second-order valence-electron chi connectivity index (χ2n) is 8.53. The molecule has 0 unspecified atom stereocenters. The number of rotatable bonds is 6. The Balaban J connectivity index is 1.91. The van der Waals surface area contributed by atoms with Gasteiger partial charge in [-0.05, 0) is 33.8 Å². The van der Waals surface area contributed by atoms with Crippen molar-refractivity contribution in [3.63, 3.8) is 0 Å². The van der Waals surface area contributed by atoms with E-state index in [-0.39, 0.29) is 11.7 Å². The van der Waals surface area contributed by atoms with Gasteiger partial charge in [0, 0.05) is 54.1 Å². The number of hydrogen-bond acceptors (Lipinski definition) is 8. The maximum absolute atomic E-state index is 13.0. The number of pyridine rings is 1. The van der Waals surface area contributed by atoms with Crippen LogP contribution in [0.5, 0.6) is 0 Å². The molecule has 178 valence electrons. The third-order valence-electron chi connectivity index (χ3n) is 5.39. The number of piperazine rings is 1. The van der Waals surface area contributed by atoms with Crippen molar-refractivity contribution in [3.05, 3.63) is 22.1 Å². The lowest BCUT2D eigenvalue weighted by Gasteiger charge is -2.36. The Hall–Kier alpha value is -2.63. The van der Waals surface area contributed by atoms with Crippen LogP contribution < -0.4 is 10.5 Å².